The highest BCUT2D eigenvalue weighted by Gasteiger charge is 2.21. The van der Waals surface area contributed by atoms with Crippen molar-refractivity contribution >= 4 is 34.5 Å². The topological polar surface area (TPSA) is 144 Å². The van der Waals surface area contributed by atoms with Crippen molar-refractivity contribution in [2.75, 3.05) is 70.8 Å². The maximum absolute atomic E-state index is 13.0. The van der Waals surface area contributed by atoms with Crippen molar-refractivity contribution in [3.63, 3.8) is 0 Å². The maximum atomic E-state index is 13.0. The fraction of sp³-hybridized carbons (Fsp3) is 0.423. The van der Waals surface area contributed by atoms with Crippen molar-refractivity contribution in [2.24, 2.45) is 4.99 Å². The molecular formula is C26H32N8O5. The molecule has 2 aromatic heterocycles. The molecule has 13 heteroatoms. The Bertz CT molecular complexity index is 1420. The lowest BCUT2D eigenvalue weighted by Crippen LogP contribution is -2.37. The summed E-state index contributed by atoms with van der Waals surface area (Å²) in [6.45, 7) is 6.19. The lowest BCUT2D eigenvalue weighted by molar-refractivity contribution is 0.0357. The lowest BCUT2D eigenvalue weighted by atomic mass is 10.2. The molecule has 1 saturated heterocycles. The Morgan fingerprint density at radius 1 is 1.18 bits per heavy atom. The summed E-state index contributed by atoms with van der Waals surface area (Å²) < 4.78 is 19.1. The Hall–Kier alpha value is -4.23. The van der Waals surface area contributed by atoms with Crippen LogP contribution in [0.25, 0.3) is 10.9 Å². The van der Waals surface area contributed by atoms with Gasteiger partial charge in [0.05, 0.1) is 32.5 Å². The first-order valence-corrected chi connectivity index (χ1v) is 12.9. The number of aromatic nitrogens is 3. The van der Waals surface area contributed by atoms with Gasteiger partial charge in [-0.25, -0.2) is 14.8 Å². The van der Waals surface area contributed by atoms with E-state index < -0.39 is 11.9 Å². The van der Waals surface area contributed by atoms with Gasteiger partial charge < -0.3 is 24.8 Å². The Morgan fingerprint density at radius 2 is 2.03 bits per heavy atom. The van der Waals surface area contributed by atoms with E-state index in [0.717, 1.165) is 50.5 Å². The summed E-state index contributed by atoms with van der Waals surface area (Å²) >= 11 is 0. The molecule has 0 atom stereocenters. The van der Waals surface area contributed by atoms with Gasteiger partial charge in [-0.05, 0) is 30.7 Å². The molecule has 0 aliphatic carbocycles. The number of nitrogens with one attached hydrogen (secondary N) is 3. The van der Waals surface area contributed by atoms with Crippen molar-refractivity contribution in [3.05, 3.63) is 41.6 Å². The fourth-order valence-electron chi connectivity index (χ4n) is 4.57. The molecule has 1 aromatic carbocycles. The van der Waals surface area contributed by atoms with E-state index in [9.17, 15) is 9.59 Å². The second-order valence-electron chi connectivity index (χ2n) is 9.04. The number of rotatable bonds is 8. The van der Waals surface area contributed by atoms with E-state index >= 15 is 0 Å². The van der Waals surface area contributed by atoms with Crippen LogP contribution in [0.2, 0.25) is 0 Å². The average molecular weight is 537 g/mol. The van der Waals surface area contributed by atoms with E-state index in [2.05, 4.69) is 30.8 Å². The molecule has 3 amide bonds. The van der Waals surface area contributed by atoms with Gasteiger partial charge in [-0.15, -0.1) is 0 Å². The third-order valence-corrected chi connectivity index (χ3v) is 6.57. The maximum Gasteiger partial charge on any atom is 0.320 e. The Kier molecular flexibility index (Phi) is 8.18. The number of methoxy groups -OCH3 is 1. The van der Waals surface area contributed by atoms with Crippen LogP contribution in [0.1, 0.15) is 16.8 Å². The van der Waals surface area contributed by atoms with Crippen LogP contribution < -0.4 is 31.0 Å². The zero-order valence-electron chi connectivity index (χ0n) is 22.0. The molecule has 3 aromatic rings. The summed E-state index contributed by atoms with van der Waals surface area (Å²) in [5, 5.41) is 9.22. The van der Waals surface area contributed by atoms with Gasteiger partial charge in [0.1, 0.15) is 17.2 Å². The van der Waals surface area contributed by atoms with Gasteiger partial charge >= 0.3 is 6.03 Å². The van der Waals surface area contributed by atoms with Crippen LogP contribution in [0.3, 0.4) is 0 Å². The number of carbonyl (C=O) groups excluding carboxylic acids is 2. The van der Waals surface area contributed by atoms with Gasteiger partial charge in [0, 0.05) is 51.4 Å². The Balaban J connectivity index is 1.40. The normalized spacial score (nSPS) is 15.5. The summed E-state index contributed by atoms with van der Waals surface area (Å²) in [6, 6.07) is 6.52. The summed E-state index contributed by atoms with van der Waals surface area (Å²) in [4.78, 5) is 40.0. The molecule has 4 heterocycles. The second-order valence-corrected chi connectivity index (χ2v) is 9.04. The summed E-state index contributed by atoms with van der Waals surface area (Å²) in [7, 11) is 3.08. The molecule has 39 heavy (non-hydrogen) atoms. The van der Waals surface area contributed by atoms with Crippen LogP contribution in [0.15, 0.2) is 35.5 Å². The number of nitrogens with zero attached hydrogens (tertiary/aromatic N) is 5. The predicted octanol–water partition coefficient (Wildman–Crippen LogP) is 1.46. The third-order valence-electron chi connectivity index (χ3n) is 6.57. The first kappa shape index (κ1) is 26.4. The van der Waals surface area contributed by atoms with Gasteiger partial charge in [0.2, 0.25) is 5.62 Å². The van der Waals surface area contributed by atoms with Crippen LogP contribution in [0.4, 0.5) is 16.4 Å². The molecule has 2 aliphatic rings. The molecule has 206 valence electrons. The van der Waals surface area contributed by atoms with Gasteiger partial charge in [-0.1, -0.05) is 0 Å². The molecule has 0 radical (unpaired) electrons. The predicted molar refractivity (Wildman–Crippen MR) is 144 cm³/mol. The minimum Gasteiger partial charge on any atom is -0.491 e. The molecule has 2 aliphatic heterocycles. The van der Waals surface area contributed by atoms with Crippen molar-refractivity contribution < 1.29 is 23.8 Å². The lowest BCUT2D eigenvalue weighted by Gasteiger charge is -2.26. The number of morpholine rings is 1. The number of pyridine rings is 1. The van der Waals surface area contributed by atoms with Crippen molar-refractivity contribution in [3.8, 4) is 11.5 Å². The average Bonchev–Trinajstić information content (AvgIpc) is 3.47. The molecular weight excluding hydrogens is 504 g/mol. The van der Waals surface area contributed by atoms with Crippen molar-refractivity contribution in [2.45, 2.75) is 13.0 Å². The van der Waals surface area contributed by atoms with E-state index in [1.165, 1.54) is 19.3 Å². The number of benzene rings is 1. The highest BCUT2D eigenvalue weighted by Crippen LogP contribution is 2.37. The number of hydrogen-bond acceptors (Lipinski definition) is 9. The van der Waals surface area contributed by atoms with Crippen LogP contribution in [-0.4, -0.2) is 91.5 Å². The standard InChI is InChI=1S/C26H32N8O5/c1-27-26(36)30-20-7-4-17(16-29-20)24(35)32-25-31-21-18(23-28-8-10-34(23)25)5-6-19(22(21)37-2)39-13-3-9-33-11-14-38-15-12-33/h4-7,16,28H,3,8-15H2,1-2H3,(H2,27,29,30,36). The molecule has 13 nitrogen and oxygen atoms in total. The molecule has 0 unspecified atom stereocenters. The number of hydrogen-bond donors (Lipinski definition) is 3. The monoisotopic (exact) mass is 536 g/mol. The quantitative estimate of drug-likeness (QED) is 0.365. The number of amides is 3. The molecule has 0 saturated carbocycles. The fourth-order valence-corrected chi connectivity index (χ4v) is 4.57. The van der Waals surface area contributed by atoms with Crippen LogP contribution in [0.5, 0.6) is 11.5 Å². The molecule has 0 bridgehead atoms. The van der Waals surface area contributed by atoms with Gasteiger partial charge in [-0.3, -0.25) is 19.6 Å². The Morgan fingerprint density at radius 3 is 2.77 bits per heavy atom. The smallest absolute Gasteiger partial charge is 0.320 e. The first-order valence-electron chi connectivity index (χ1n) is 12.9. The van der Waals surface area contributed by atoms with Gasteiger partial charge in [0.25, 0.3) is 5.91 Å². The minimum atomic E-state index is -0.503. The van der Waals surface area contributed by atoms with Crippen LogP contribution in [-0.2, 0) is 11.3 Å². The van der Waals surface area contributed by atoms with Crippen LogP contribution in [0, 0.1) is 0 Å². The number of anilines is 2. The number of carbonyl (C=O) groups is 2. The molecule has 0 spiro atoms. The molecule has 5 rings (SSSR count). The third kappa shape index (κ3) is 5.94. The van der Waals surface area contributed by atoms with E-state index in [-0.39, 0.29) is 11.2 Å². The second kappa shape index (κ2) is 12.1. The minimum absolute atomic E-state index is 0.253. The zero-order valence-corrected chi connectivity index (χ0v) is 22.0. The number of fused-ring (bicyclic) bond motifs is 3. The molecule has 1 fully saturated rings. The van der Waals surface area contributed by atoms with Crippen molar-refractivity contribution in [1.29, 1.82) is 0 Å². The largest absolute Gasteiger partial charge is 0.491 e. The Labute approximate surface area is 225 Å². The van der Waals surface area contributed by atoms with Gasteiger partial charge in [0.15, 0.2) is 11.5 Å². The van der Waals surface area contributed by atoms with Crippen molar-refractivity contribution in [1.82, 2.24) is 24.8 Å². The molecule has 3 N–H and O–H groups in total. The van der Waals surface area contributed by atoms with Crippen LogP contribution >= 0.6 is 0 Å². The van der Waals surface area contributed by atoms with E-state index in [4.69, 9.17) is 19.2 Å². The van der Waals surface area contributed by atoms with Gasteiger partial charge in [-0.2, -0.15) is 4.99 Å². The highest BCUT2D eigenvalue weighted by molar-refractivity contribution is 5.97. The summed E-state index contributed by atoms with van der Waals surface area (Å²) in [5.41, 5.74) is 1.07. The van der Waals surface area contributed by atoms with E-state index in [1.807, 2.05) is 16.7 Å². The number of ether oxygens (including phenoxy) is 3. The zero-order chi connectivity index (χ0) is 27.2. The van der Waals surface area contributed by atoms with E-state index in [0.29, 0.717) is 42.5 Å². The number of urea groups is 1. The van der Waals surface area contributed by atoms with E-state index in [1.54, 1.807) is 13.2 Å². The SMILES string of the molecule is CNC(=O)Nc1ccc(C(=O)N=c2nc3c(OC)c(OCCCN4CCOCC4)ccc3c3n2CCN3)cn1. The summed E-state index contributed by atoms with van der Waals surface area (Å²) in [5.74, 6) is 1.70. The highest BCUT2D eigenvalue weighted by atomic mass is 16.5. The summed E-state index contributed by atoms with van der Waals surface area (Å²) in [6.07, 6.45) is 2.24. The first-order chi connectivity index (χ1) is 19.1.